The Balaban J connectivity index is 2.14. The summed E-state index contributed by atoms with van der Waals surface area (Å²) in [4.78, 5) is 25.0. The Bertz CT molecular complexity index is 714. The van der Waals surface area contributed by atoms with Crippen LogP contribution < -0.4 is 4.72 Å². The van der Waals surface area contributed by atoms with E-state index < -0.39 is 16.0 Å². The number of nitrogens with zero attached hydrogens (tertiary/aromatic N) is 1. The molecule has 1 fully saturated rings. The van der Waals surface area contributed by atoms with Crippen molar-refractivity contribution in [3.8, 4) is 0 Å². The van der Waals surface area contributed by atoms with Crippen LogP contribution >= 0.6 is 0 Å². The highest BCUT2D eigenvalue weighted by Crippen LogP contribution is 2.17. The van der Waals surface area contributed by atoms with Crippen LogP contribution in [0.5, 0.6) is 0 Å². The van der Waals surface area contributed by atoms with Crippen molar-refractivity contribution in [2.75, 3.05) is 19.3 Å². The fourth-order valence-corrected chi connectivity index (χ4v) is 3.35. The maximum absolute atomic E-state index is 12.4. The molecule has 1 saturated heterocycles. The Morgan fingerprint density at radius 3 is 2.50 bits per heavy atom. The third-order valence-corrected chi connectivity index (χ3v) is 4.19. The number of aromatic carboxylic acids is 1. The van der Waals surface area contributed by atoms with Gasteiger partial charge in [0.15, 0.2) is 0 Å². The SMILES string of the molecule is Cc1cc(C(=O)O)cc(C(=O)N2CCC(NS(C)(=O)=O)C2)c1. The standard InChI is InChI=1S/C14H18N2O5S/c1-9-5-10(7-11(6-9)14(18)19)13(17)16-4-3-12(8-16)15-22(2,20)21/h5-7,12,15H,3-4,8H2,1-2H3,(H,18,19). The van der Waals surface area contributed by atoms with Gasteiger partial charge < -0.3 is 10.0 Å². The molecule has 1 heterocycles. The van der Waals surface area contributed by atoms with Crippen molar-refractivity contribution in [3.05, 3.63) is 34.9 Å². The second-order valence-electron chi connectivity index (χ2n) is 5.52. The van der Waals surface area contributed by atoms with Gasteiger partial charge in [-0.3, -0.25) is 4.79 Å². The number of aryl methyl sites for hydroxylation is 1. The molecule has 0 radical (unpaired) electrons. The van der Waals surface area contributed by atoms with E-state index >= 15 is 0 Å². The molecule has 1 atom stereocenters. The lowest BCUT2D eigenvalue weighted by Crippen LogP contribution is -2.37. The van der Waals surface area contributed by atoms with Gasteiger partial charge in [-0.15, -0.1) is 0 Å². The zero-order valence-corrected chi connectivity index (χ0v) is 13.2. The topological polar surface area (TPSA) is 104 Å². The van der Waals surface area contributed by atoms with Crippen molar-refractivity contribution in [1.82, 2.24) is 9.62 Å². The summed E-state index contributed by atoms with van der Waals surface area (Å²) >= 11 is 0. The molecule has 0 spiro atoms. The molecular weight excluding hydrogens is 308 g/mol. The van der Waals surface area contributed by atoms with Crippen LogP contribution in [0, 0.1) is 6.92 Å². The van der Waals surface area contributed by atoms with E-state index in [-0.39, 0.29) is 24.1 Å². The van der Waals surface area contributed by atoms with E-state index in [1.165, 1.54) is 17.0 Å². The number of carbonyl (C=O) groups is 2. The first-order valence-electron chi connectivity index (χ1n) is 6.77. The van der Waals surface area contributed by atoms with Gasteiger partial charge in [-0.1, -0.05) is 0 Å². The molecule has 1 aliphatic heterocycles. The Labute approximate surface area is 129 Å². The Kier molecular flexibility index (Phi) is 4.52. The third kappa shape index (κ3) is 4.05. The normalized spacial score (nSPS) is 18.5. The van der Waals surface area contributed by atoms with Gasteiger partial charge in [0.05, 0.1) is 11.8 Å². The van der Waals surface area contributed by atoms with E-state index in [4.69, 9.17) is 5.11 Å². The maximum Gasteiger partial charge on any atom is 0.335 e. The first kappa shape index (κ1) is 16.4. The Hall–Kier alpha value is -1.93. The van der Waals surface area contributed by atoms with E-state index in [9.17, 15) is 18.0 Å². The first-order chi connectivity index (χ1) is 10.2. The number of rotatable bonds is 4. The number of benzene rings is 1. The quantitative estimate of drug-likeness (QED) is 0.836. The van der Waals surface area contributed by atoms with Crippen LogP contribution in [0.1, 0.15) is 32.7 Å². The van der Waals surface area contributed by atoms with Gasteiger partial charge in [-0.05, 0) is 37.1 Å². The molecule has 1 aromatic rings. The van der Waals surface area contributed by atoms with Gasteiger partial charge >= 0.3 is 5.97 Å². The molecule has 8 heteroatoms. The predicted molar refractivity (Wildman–Crippen MR) is 80.4 cm³/mol. The molecule has 0 bridgehead atoms. The highest BCUT2D eigenvalue weighted by Gasteiger charge is 2.29. The smallest absolute Gasteiger partial charge is 0.335 e. The number of hydrogen-bond acceptors (Lipinski definition) is 4. The molecule has 1 amide bonds. The minimum atomic E-state index is -3.31. The minimum absolute atomic E-state index is 0.0633. The van der Waals surface area contributed by atoms with Crippen LogP contribution in [0.2, 0.25) is 0 Å². The summed E-state index contributed by atoms with van der Waals surface area (Å²) < 4.78 is 24.9. The van der Waals surface area contributed by atoms with Crippen molar-refractivity contribution >= 4 is 21.9 Å². The first-order valence-corrected chi connectivity index (χ1v) is 8.66. The fourth-order valence-electron chi connectivity index (χ4n) is 2.56. The van der Waals surface area contributed by atoms with Crippen LogP contribution in [0.4, 0.5) is 0 Å². The van der Waals surface area contributed by atoms with Gasteiger partial charge in [0, 0.05) is 24.7 Å². The zero-order chi connectivity index (χ0) is 16.5. The highest BCUT2D eigenvalue weighted by atomic mass is 32.2. The molecule has 0 saturated carbocycles. The summed E-state index contributed by atoms with van der Waals surface area (Å²) in [7, 11) is -3.31. The number of carboxylic acid groups (broad SMARTS) is 1. The number of carbonyl (C=O) groups excluding carboxylic acids is 1. The number of hydrogen-bond donors (Lipinski definition) is 2. The molecule has 2 rings (SSSR count). The van der Waals surface area contributed by atoms with Crippen molar-refractivity contribution in [2.45, 2.75) is 19.4 Å². The lowest BCUT2D eigenvalue weighted by molar-refractivity contribution is 0.0696. The number of likely N-dealkylation sites (tertiary alicyclic amines) is 1. The van der Waals surface area contributed by atoms with Crippen LogP contribution in [0.15, 0.2) is 18.2 Å². The predicted octanol–water partition coefficient (Wildman–Crippen LogP) is 0.457. The molecule has 1 aliphatic rings. The Morgan fingerprint density at radius 2 is 1.91 bits per heavy atom. The molecule has 120 valence electrons. The van der Waals surface area contributed by atoms with Crippen molar-refractivity contribution in [3.63, 3.8) is 0 Å². The molecule has 0 aromatic heterocycles. The number of amides is 1. The van der Waals surface area contributed by atoms with Gasteiger partial charge in [0.25, 0.3) is 5.91 Å². The lowest BCUT2D eigenvalue weighted by atomic mass is 10.1. The fraction of sp³-hybridized carbons (Fsp3) is 0.429. The molecule has 0 aliphatic carbocycles. The largest absolute Gasteiger partial charge is 0.478 e. The summed E-state index contributed by atoms with van der Waals surface area (Å²) in [5.74, 6) is -1.38. The zero-order valence-electron chi connectivity index (χ0n) is 12.4. The second kappa shape index (κ2) is 6.05. The van der Waals surface area contributed by atoms with Gasteiger partial charge in [-0.25, -0.2) is 17.9 Å². The lowest BCUT2D eigenvalue weighted by Gasteiger charge is -2.17. The summed E-state index contributed by atoms with van der Waals surface area (Å²) in [5.41, 5.74) is 1.05. The molecular formula is C14H18N2O5S. The van der Waals surface area contributed by atoms with E-state index in [0.29, 0.717) is 24.1 Å². The average Bonchev–Trinajstić information content (AvgIpc) is 2.83. The van der Waals surface area contributed by atoms with Gasteiger partial charge in [-0.2, -0.15) is 0 Å². The van der Waals surface area contributed by atoms with Crippen LogP contribution in [-0.4, -0.2) is 55.7 Å². The van der Waals surface area contributed by atoms with Crippen LogP contribution in [0.3, 0.4) is 0 Å². The molecule has 1 unspecified atom stereocenters. The molecule has 7 nitrogen and oxygen atoms in total. The Morgan fingerprint density at radius 1 is 1.27 bits per heavy atom. The second-order valence-corrected chi connectivity index (χ2v) is 7.30. The minimum Gasteiger partial charge on any atom is -0.478 e. The maximum atomic E-state index is 12.4. The average molecular weight is 326 g/mol. The summed E-state index contributed by atoms with van der Waals surface area (Å²) in [6.07, 6.45) is 1.62. The molecule has 2 N–H and O–H groups in total. The molecule has 1 aromatic carbocycles. The van der Waals surface area contributed by atoms with Gasteiger partial charge in [0.2, 0.25) is 10.0 Å². The van der Waals surface area contributed by atoms with E-state index in [2.05, 4.69) is 4.72 Å². The van der Waals surface area contributed by atoms with E-state index in [1.54, 1.807) is 13.0 Å². The number of sulfonamides is 1. The molecule has 22 heavy (non-hydrogen) atoms. The summed E-state index contributed by atoms with van der Waals surface area (Å²) in [6.45, 7) is 2.44. The number of carboxylic acids is 1. The van der Waals surface area contributed by atoms with E-state index in [1.807, 2.05) is 0 Å². The monoisotopic (exact) mass is 326 g/mol. The number of nitrogens with one attached hydrogen (secondary N) is 1. The summed E-state index contributed by atoms with van der Waals surface area (Å²) in [5, 5.41) is 9.05. The van der Waals surface area contributed by atoms with Crippen molar-refractivity contribution in [1.29, 1.82) is 0 Å². The van der Waals surface area contributed by atoms with Gasteiger partial charge in [0.1, 0.15) is 0 Å². The van der Waals surface area contributed by atoms with Crippen LogP contribution in [-0.2, 0) is 10.0 Å². The van der Waals surface area contributed by atoms with Crippen molar-refractivity contribution < 1.29 is 23.1 Å². The van der Waals surface area contributed by atoms with Crippen LogP contribution in [0.25, 0.3) is 0 Å². The highest BCUT2D eigenvalue weighted by molar-refractivity contribution is 7.88. The van der Waals surface area contributed by atoms with E-state index in [0.717, 1.165) is 6.26 Å². The third-order valence-electron chi connectivity index (χ3n) is 3.43. The van der Waals surface area contributed by atoms with Crippen molar-refractivity contribution in [2.24, 2.45) is 0 Å². The summed E-state index contributed by atoms with van der Waals surface area (Å²) in [6, 6.07) is 4.17.